The van der Waals surface area contributed by atoms with E-state index in [4.69, 9.17) is 22.4 Å². The zero-order valence-corrected chi connectivity index (χ0v) is 11.2. The highest BCUT2D eigenvalue weighted by Gasteiger charge is 2.18. The first-order valence-electron chi connectivity index (χ1n) is 5.62. The Kier molecular flexibility index (Phi) is 5.40. The van der Waals surface area contributed by atoms with E-state index in [-0.39, 0.29) is 18.6 Å². The van der Waals surface area contributed by atoms with Gasteiger partial charge in [-0.1, -0.05) is 11.6 Å². The number of halogens is 1. The maximum atomic E-state index is 11.9. The molecule has 0 saturated carbocycles. The summed E-state index contributed by atoms with van der Waals surface area (Å²) in [6.07, 6.45) is 0. The summed E-state index contributed by atoms with van der Waals surface area (Å²) >= 11 is 5.78. The number of aliphatic hydroxyl groups excluding tert-OH is 1. The number of anilines is 2. The van der Waals surface area contributed by atoms with Crippen LogP contribution in [0, 0.1) is 0 Å². The third-order valence-electron chi connectivity index (χ3n) is 2.76. The van der Waals surface area contributed by atoms with Crippen molar-refractivity contribution in [3.05, 3.63) is 23.2 Å². The Labute approximate surface area is 112 Å². The number of nitrogen functional groups attached to an aromatic ring is 1. The molecule has 1 aromatic rings. The minimum Gasteiger partial charge on any atom is -0.397 e. The average molecular weight is 272 g/mol. The molecule has 18 heavy (non-hydrogen) atoms. The summed E-state index contributed by atoms with van der Waals surface area (Å²) in [6.45, 7) is 2.21. The number of carbonyl (C=O) groups is 1. The van der Waals surface area contributed by atoms with Gasteiger partial charge in [-0.15, -0.1) is 0 Å². The molecular weight excluding hydrogens is 254 g/mol. The molecule has 0 heterocycles. The van der Waals surface area contributed by atoms with Crippen LogP contribution in [0.1, 0.15) is 6.92 Å². The van der Waals surface area contributed by atoms with Crippen LogP contribution in [0.5, 0.6) is 0 Å². The molecule has 4 N–H and O–H groups in total. The van der Waals surface area contributed by atoms with Gasteiger partial charge in [0, 0.05) is 11.6 Å². The van der Waals surface area contributed by atoms with Gasteiger partial charge in [-0.2, -0.15) is 0 Å². The van der Waals surface area contributed by atoms with Crippen molar-refractivity contribution in [2.75, 3.05) is 31.2 Å². The molecule has 0 aliphatic rings. The number of nitrogens with two attached hydrogens (primary N) is 1. The summed E-state index contributed by atoms with van der Waals surface area (Å²) in [4.78, 5) is 13.7. The highest BCUT2D eigenvalue weighted by atomic mass is 35.5. The van der Waals surface area contributed by atoms with Crippen molar-refractivity contribution in [3.63, 3.8) is 0 Å². The minimum atomic E-state index is -0.354. The van der Waals surface area contributed by atoms with Crippen LogP contribution in [0.4, 0.5) is 11.4 Å². The van der Waals surface area contributed by atoms with E-state index in [0.29, 0.717) is 22.9 Å². The summed E-state index contributed by atoms with van der Waals surface area (Å²) in [5.74, 6) is -0.181. The second-order valence-electron chi connectivity index (χ2n) is 4.10. The Morgan fingerprint density at radius 3 is 2.83 bits per heavy atom. The van der Waals surface area contributed by atoms with Crippen molar-refractivity contribution in [1.82, 2.24) is 4.90 Å². The Morgan fingerprint density at radius 2 is 2.28 bits per heavy atom. The fraction of sp³-hybridized carbons (Fsp3) is 0.417. The lowest BCUT2D eigenvalue weighted by Crippen LogP contribution is -2.41. The van der Waals surface area contributed by atoms with E-state index >= 15 is 0 Å². The molecule has 0 radical (unpaired) electrons. The van der Waals surface area contributed by atoms with E-state index in [0.717, 1.165) is 0 Å². The van der Waals surface area contributed by atoms with Gasteiger partial charge in [-0.25, -0.2) is 0 Å². The number of benzene rings is 1. The fourth-order valence-electron chi connectivity index (χ4n) is 1.44. The van der Waals surface area contributed by atoms with Crippen molar-refractivity contribution in [2.24, 2.45) is 0 Å². The number of carbonyl (C=O) groups excluding carboxylic acids is 1. The van der Waals surface area contributed by atoms with Crippen LogP contribution in [0.15, 0.2) is 18.2 Å². The van der Waals surface area contributed by atoms with Gasteiger partial charge in [0.15, 0.2) is 0 Å². The largest absolute Gasteiger partial charge is 0.397 e. The first-order chi connectivity index (χ1) is 8.45. The van der Waals surface area contributed by atoms with Crippen molar-refractivity contribution in [2.45, 2.75) is 13.0 Å². The number of nitrogens with zero attached hydrogens (tertiary/aromatic N) is 1. The molecular formula is C12H18ClN3O2. The van der Waals surface area contributed by atoms with Crippen molar-refractivity contribution in [1.29, 1.82) is 0 Å². The van der Waals surface area contributed by atoms with Crippen LogP contribution in [-0.2, 0) is 4.79 Å². The van der Waals surface area contributed by atoms with Crippen molar-refractivity contribution >= 4 is 28.9 Å². The first-order valence-corrected chi connectivity index (χ1v) is 6.00. The third kappa shape index (κ3) is 3.87. The van der Waals surface area contributed by atoms with Gasteiger partial charge >= 0.3 is 0 Å². The SMILES string of the molecule is CC(C(=O)Nc1ccc(Cl)cc1N)N(C)CCO. The lowest BCUT2D eigenvalue weighted by molar-refractivity contribution is -0.120. The summed E-state index contributed by atoms with van der Waals surface area (Å²) in [7, 11) is 1.77. The van der Waals surface area contributed by atoms with Gasteiger partial charge in [0.25, 0.3) is 0 Å². The zero-order valence-electron chi connectivity index (χ0n) is 10.5. The molecule has 1 unspecified atom stereocenters. The predicted molar refractivity (Wildman–Crippen MR) is 73.7 cm³/mol. The summed E-state index contributed by atoms with van der Waals surface area (Å²) in [6, 6.07) is 4.55. The zero-order chi connectivity index (χ0) is 13.7. The van der Waals surface area contributed by atoms with Crippen LogP contribution in [0.25, 0.3) is 0 Å². The van der Waals surface area contributed by atoms with Crippen molar-refractivity contribution < 1.29 is 9.90 Å². The number of hydrogen-bond acceptors (Lipinski definition) is 4. The van der Waals surface area contributed by atoms with Gasteiger partial charge < -0.3 is 16.2 Å². The smallest absolute Gasteiger partial charge is 0.241 e. The number of amides is 1. The summed E-state index contributed by atoms with van der Waals surface area (Å²) in [5.41, 5.74) is 6.71. The third-order valence-corrected chi connectivity index (χ3v) is 3.00. The van der Waals surface area contributed by atoms with Gasteiger partial charge in [-0.05, 0) is 32.2 Å². The maximum absolute atomic E-state index is 11.9. The van der Waals surface area contributed by atoms with Crippen LogP contribution >= 0.6 is 11.6 Å². The van der Waals surface area contributed by atoms with Crippen LogP contribution < -0.4 is 11.1 Å². The molecule has 1 atom stereocenters. The number of hydrogen-bond donors (Lipinski definition) is 3. The maximum Gasteiger partial charge on any atom is 0.241 e. The Bertz CT molecular complexity index is 426. The average Bonchev–Trinajstić information content (AvgIpc) is 2.32. The topological polar surface area (TPSA) is 78.6 Å². The Hall–Kier alpha value is -1.30. The van der Waals surface area contributed by atoms with Gasteiger partial charge in [0.2, 0.25) is 5.91 Å². The normalized spacial score (nSPS) is 12.5. The molecule has 1 aromatic carbocycles. The molecule has 0 aliphatic carbocycles. The fourth-order valence-corrected chi connectivity index (χ4v) is 1.62. The van der Waals surface area contributed by atoms with Gasteiger partial charge in [0.1, 0.15) is 0 Å². The number of nitrogens with one attached hydrogen (secondary N) is 1. The predicted octanol–water partition coefficient (Wildman–Crippen LogP) is 1.17. The molecule has 1 amide bonds. The molecule has 100 valence electrons. The minimum absolute atomic E-state index is 0.0111. The second kappa shape index (κ2) is 6.58. The number of rotatable bonds is 5. The van der Waals surface area contributed by atoms with E-state index in [2.05, 4.69) is 5.32 Å². The first kappa shape index (κ1) is 14.8. The molecule has 0 aromatic heterocycles. The highest BCUT2D eigenvalue weighted by Crippen LogP contribution is 2.22. The molecule has 1 rings (SSSR count). The summed E-state index contributed by atoms with van der Waals surface area (Å²) < 4.78 is 0. The Balaban J connectivity index is 2.69. The Morgan fingerprint density at radius 1 is 1.61 bits per heavy atom. The van der Waals surface area contributed by atoms with E-state index < -0.39 is 0 Å². The second-order valence-corrected chi connectivity index (χ2v) is 4.54. The summed E-state index contributed by atoms with van der Waals surface area (Å²) in [5, 5.41) is 12.1. The van der Waals surface area contributed by atoms with Gasteiger partial charge in [-0.3, -0.25) is 9.69 Å². The number of likely N-dealkylation sites (N-methyl/N-ethyl adjacent to an activating group) is 1. The molecule has 0 fully saturated rings. The van der Waals surface area contributed by atoms with E-state index in [1.165, 1.54) is 0 Å². The lowest BCUT2D eigenvalue weighted by Gasteiger charge is -2.23. The van der Waals surface area contributed by atoms with Crippen LogP contribution in [-0.4, -0.2) is 42.2 Å². The molecule has 0 bridgehead atoms. The lowest BCUT2D eigenvalue weighted by atomic mass is 10.2. The van der Waals surface area contributed by atoms with Gasteiger partial charge in [0.05, 0.1) is 24.0 Å². The monoisotopic (exact) mass is 271 g/mol. The van der Waals surface area contributed by atoms with E-state index in [1.807, 2.05) is 0 Å². The van der Waals surface area contributed by atoms with Crippen LogP contribution in [0.3, 0.4) is 0 Å². The molecule has 0 spiro atoms. The van der Waals surface area contributed by atoms with Crippen molar-refractivity contribution in [3.8, 4) is 0 Å². The number of aliphatic hydroxyl groups is 1. The molecule has 0 aliphatic heterocycles. The molecule has 5 nitrogen and oxygen atoms in total. The highest BCUT2D eigenvalue weighted by molar-refractivity contribution is 6.31. The quantitative estimate of drug-likeness (QED) is 0.703. The standard InChI is InChI=1S/C12H18ClN3O2/c1-8(16(2)5-6-17)12(18)15-11-4-3-9(13)7-10(11)14/h3-4,7-8,17H,5-6,14H2,1-2H3,(H,15,18). The van der Waals surface area contributed by atoms with E-state index in [1.54, 1.807) is 37.1 Å². The van der Waals surface area contributed by atoms with E-state index in [9.17, 15) is 4.79 Å². The molecule has 6 heteroatoms. The molecule has 0 saturated heterocycles. The van der Waals surface area contributed by atoms with Crippen LogP contribution in [0.2, 0.25) is 5.02 Å².